The zero-order valence-electron chi connectivity index (χ0n) is 15.0. The Bertz CT molecular complexity index is 717. The fourth-order valence-electron chi connectivity index (χ4n) is 3.81. The second kappa shape index (κ2) is 7.50. The number of amides is 2. The number of nitrogens with zero attached hydrogens (tertiary/aromatic N) is 3. The highest BCUT2D eigenvalue weighted by Crippen LogP contribution is 2.26. The van der Waals surface area contributed by atoms with Crippen LogP contribution in [0.3, 0.4) is 0 Å². The van der Waals surface area contributed by atoms with Crippen molar-refractivity contribution in [1.29, 1.82) is 0 Å². The summed E-state index contributed by atoms with van der Waals surface area (Å²) < 4.78 is 5.70. The van der Waals surface area contributed by atoms with Crippen molar-refractivity contribution in [2.45, 2.75) is 12.8 Å². The van der Waals surface area contributed by atoms with E-state index >= 15 is 0 Å². The van der Waals surface area contributed by atoms with E-state index in [1.54, 1.807) is 0 Å². The van der Waals surface area contributed by atoms with Gasteiger partial charge in [-0.2, -0.15) is 0 Å². The summed E-state index contributed by atoms with van der Waals surface area (Å²) in [6.45, 7) is 5.40. The topological polar surface area (TPSA) is 53.1 Å². The lowest BCUT2D eigenvalue weighted by Crippen LogP contribution is -2.52. The van der Waals surface area contributed by atoms with Crippen molar-refractivity contribution in [2.75, 3.05) is 52.4 Å². The number of ether oxygens (including phenoxy) is 1. The monoisotopic (exact) mass is 355 g/mol. The van der Waals surface area contributed by atoms with Gasteiger partial charge >= 0.3 is 0 Å². The maximum Gasteiger partial charge on any atom is 0.253 e. The SMILES string of the molecule is O=C(CN1CCN(C(=O)C2=Cc3ccccc3OC2)CC1)N1CCCC1. The van der Waals surface area contributed by atoms with E-state index in [4.69, 9.17) is 4.74 Å². The van der Waals surface area contributed by atoms with Gasteiger partial charge in [-0.15, -0.1) is 0 Å². The molecule has 0 aliphatic carbocycles. The van der Waals surface area contributed by atoms with Crippen LogP contribution in [-0.4, -0.2) is 78.9 Å². The van der Waals surface area contributed by atoms with Crippen LogP contribution in [0.4, 0.5) is 0 Å². The molecule has 2 fully saturated rings. The lowest BCUT2D eigenvalue weighted by atomic mass is 10.1. The largest absolute Gasteiger partial charge is 0.488 e. The highest BCUT2D eigenvalue weighted by atomic mass is 16.5. The van der Waals surface area contributed by atoms with Gasteiger partial charge in [-0.05, 0) is 25.0 Å². The number of fused-ring (bicyclic) bond motifs is 1. The smallest absolute Gasteiger partial charge is 0.253 e. The Balaban J connectivity index is 1.31. The molecular formula is C20H25N3O3. The molecule has 2 amide bonds. The molecule has 2 saturated heterocycles. The molecular weight excluding hydrogens is 330 g/mol. The Kier molecular flexibility index (Phi) is 4.93. The molecule has 0 bridgehead atoms. The van der Waals surface area contributed by atoms with E-state index in [0.29, 0.717) is 31.8 Å². The molecule has 0 aromatic heterocycles. The molecule has 1 aromatic rings. The van der Waals surface area contributed by atoms with Gasteiger partial charge in [0.15, 0.2) is 0 Å². The summed E-state index contributed by atoms with van der Waals surface area (Å²) in [4.78, 5) is 31.0. The molecule has 1 aromatic carbocycles. The standard InChI is InChI=1S/C20H25N3O3/c24-19(22-7-3-4-8-22)14-21-9-11-23(12-10-21)20(25)17-13-16-5-1-2-6-18(16)26-15-17/h1-2,5-6,13H,3-4,7-12,14-15H2. The van der Waals surface area contributed by atoms with Crippen molar-refractivity contribution in [2.24, 2.45) is 0 Å². The molecule has 3 aliphatic rings. The maximum absolute atomic E-state index is 12.8. The van der Waals surface area contributed by atoms with Crippen molar-refractivity contribution >= 4 is 17.9 Å². The molecule has 3 heterocycles. The average molecular weight is 355 g/mol. The number of piperazine rings is 1. The Morgan fingerprint density at radius 3 is 2.42 bits per heavy atom. The van der Waals surface area contributed by atoms with E-state index in [1.807, 2.05) is 40.1 Å². The third-order valence-electron chi connectivity index (χ3n) is 5.38. The average Bonchev–Trinajstić information content (AvgIpc) is 3.23. The Morgan fingerprint density at radius 2 is 1.65 bits per heavy atom. The number of hydrogen-bond donors (Lipinski definition) is 0. The normalized spacial score (nSPS) is 20.4. The van der Waals surface area contributed by atoms with E-state index in [9.17, 15) is 9.59 Å². The minimum atomic E-state index is 0.0463. The number of carbonyl (C=O) groups excluding carboxylic acids is 2. The van der Waals surface area contributed by atoms with E-state index < -0.39 is 0 Å². The van der Waals surface area contributed by atoms with Gasteiger partial charge in [-0.1, -0.05) is 18.2 Å². The zero-order valence-corrected chi connectivity index (χ0v) is 15.0. The molecule has 138 valence electrons. The lowest BCUT2D eigenvalue weighted by Gasteiger charge is -2.35. The van der Waals surface area contributed by atoms with Crippen molar-refractivity contribution in [3.8, 4) is 5.75 Å². The molecule has 4 rings (SSSR count). The molecule has 0 N–H and O–H groups in total. The van der Waals surface area contributed by atoms with Crippen molar-refractivity contribution in [1.82, 2.24) is 14.7 Å². The molecule has 6 nitrogen and oxygen atoms in total. The Labute approximate surface area is 154 Å². The van der Waals surface area contributed by atoms with Gasteiger partial charge in [0.05, 0.1) is 12.1 Å². The summed E-state index contributed by atoms with van der Waals surface area (Å²) in [5.41, 5.74) is 1.65. The summed E-state index contributed by atoms with van der Waals surface area (Å²) in [6, 6.07) is 7.76. The Hall–Kier alpha value is -2.34. The summed E-state index contributed by atoms with van der Waals surface area (Å²) in [5, 5.41) is 0. The van der Waals surface area contributed by atoms with Crippen molar-refractivity contribution in [3.63, 3.8) is 0 Å². The Morgan fingerprint density at radius 1 is 0.923 bits per heavy atom. The van der Waals surface area contributed by atoms with Gasteiger partial charge in [0.2, 0.25) is 5.91 Å². The minimum Gasteiger partial charge on any atom is -0.488 e. The third kappa shape index (κ3) is 3.60. The number of carbonyl (C=O) groups is 2. The summed E-state index contributed by atoms with van der Waals surface area (Å²) >= 11 is 0. The van der Waals surface area contributed by atoms with Crippen LogP contribution >= 0.6 is 0 Å². The summed E-state index contributed by atoms with van der Waals surface area (Å²) in [7, 11) is 0. The van der Waals surface area contributed by atoms with Gasteiger partial charge < -0.3 is 14.5 Å². The van der Waals surface area contributed by atoms with Crippen molar-refractivity contribution < 1.29 is 14.3 Å². The highest BCUT2D eigenvalue weighted by Gasteiger charge is 2.27. The first-order valence-corrected chi connectivity index (χ1v) is 9.42. The van der Waals surface area contributed by atoms with Crippen LogP contribution in [0, 0.1) is 0 Å². The molecule has 3 aliphatic heterocycles. The van der Waals surface area contributed by atoms with Crippen LogP contribution in [0.25, 0.3) is 6.08 Å². The van der Waals surface area contributed by atoms with E-state index in [1.165, 1.54) is 0 Å². The van der Waals surface area contributed by atoms with Gasteiger partial charge in [-0.3, -0.25) is 14.5 Å². The first kappa shape index (κ1) is 17.1. The van der Waals surface area contributed by atoms with Gasteiger partial charge in [0.25, 0.3) is 5.91 Å². The van der Waals surface area contributed by atoms with E-state index in [2.05, 4.69) is 4.90 Å². The highest BCUT2D eigenvalue weighted by molar-refractivity contribution is 5.99. The van der Waals surface area contributed by atoms with Crippen LogP contribution in [0.15, 0.2) is 29.8 Å². The predicted octanol–water partition coefficient (Wildman–Crippen LogP) is 1.23. The molecule has 0 unspecified atom stereocenters. The van der Waals surface area contributed by atoms with Crippen LogP contribution in [0.2, 0.25) is 0 Å². The van der Waals surface area contributed by atoms with Crippen molar-refractivity contribution in [3.05, 3.63) is 35.4 Å². The molecule has 26 heavy (non-hydrogen) atoms. The maximum atomic E-state index is 12.8. The molecule has 0 spiro atoms. The second-order valence-electron chi connectivity index (χ2n) is 7.15. The fourth-order valence-corrected chi connectivity index (χ4v) is 3.81. The lowest BCUT2D eigenvalue weighted by molar-refractivity contribution is -0.133. The zero-order chi connectivity index (χ0) is 17.9. The first-order valence-electron chi connectivity index (χ1n) is 9.42. The molecule has 6 heteroatoms. The van der Waals surface area contributed by atoms with E-state index in [0.717, 1.165) is 50.3 Å². The van der Waals surface area contributed by atoms with Gasteiger partial charge in [-0.25, -0.2) is 0 Å². The summed E-state index contributed by atoms with van der Waals surface area (Å²) in [6.07, 6.45) is 4.17. The van der Waals surface area contributed by atoms with Gasteiger partial charge in [0.1, 0.15) is 12.4 Å². The third-order valence-corrected chi connectivity index (χ3v) is 5.38. The second-order valence-corrected chi connectivity index (χ2v) is 7.15. The van der Waals surface area contributed by atoms with Gasteiger partial charge in [0, 0.05) is 44.8 Å². The molecule has 0 atom stereocenters. The number of para-hydroxylation sites is 1. The first-order chi connectivity index (χ1) is 12.7. The van der Waals surface area contributed by atoms with Crippen LogP contribution in [0.5, 0.6) is 5.75 Å². The number of likely N-dealkylation sites (tertiary alicyclic amines) is 1. The van der Waals surface area contributed by atoms with Crippen LogP contribution in [0.1, 0.15) is 18.4 Å². The fraction of sp³-hybridized carbons (Fsp3) is 0.500. The molecule has 0 radical (unpaired) electrons. The van der Waals surface area contributed by atoms with E-state index in [-0.39, 0.29) is 11.8 Å². The van der Waals surface area contributed by atoms with Crippen LogP contribution in [-0.2, 0) is 9.59 Å². The number of benzene rings is 1. The quantitative estimate of drug-likeness (QED) is 0.818. The number of hydrogen-bond acceptors (Lipinski definition) is 4. The summed E-state index contributed by atoms with van der Waals surface area (Å²) in [5.74, 6) is 1.10. The van der Waals surface area contributed by atoms with Crippen LogP contribution < -0.4 is 4.74 Å². The predicted molar refractivity (Wildman–Crippen MR) is 98.7 cm³/mol. The minimum absolute atomic E-state index is 0.0463. The molecule has 0 saturated carbocycles. The number of rotatable bonds is 3.